The Morgan fingerprint density at radius 1 is 1.60 bits per heavy atom. The van der Waals surface area contributed by atoms with E-state index in [2.05, 4.69) is 11.2 Å². The largest absolute Gasteiger partial charge is 0.480 e. The van der Waals surface area contributed by atoms with Gasteiger partial charge < -0.3 is 20.1 Å². The van der Waals surface area contributed by atoms with Gasteiger partial charge in [-0.25, -0.2) is 4.79 Å². The SMILES string of the molecule is C#CCN(CC(=O)O)C(=O)NCCOC. The zero-order valence-corrected chi connectivity index (χ0v) is 8.52. The molecule has 0 atom stereocenters. The summed E-state index contributed by atoms with van der Waals surface area (Å²) in [6.45, 7) is 0.229. The molecule has 0 fully saturated rings. The molecule has 0 rings (SSSR count). The lowest BCUT2D eigenvalue weighted by Gasteiger charge is -2.18. The van der Waals surface area contributed by atoms with Gasteiger partial charge in [0, 0.05) is 13.7 Å². The van der Waals surface area contributed by atoms with Gasteiger partial charge in [0.25, 0.3) is 0 Å². The maximum atomic E-state index is 11.3. The highest BCUT2D eigenvalue weighted by atomic mass is 16.5. The maximum absolute atomic E-state index is 11.3. The van der Waals surface area contributed by atoms with Gasteiger partial charge in [0.15, 0.2) is 0 Å². The van der Waals surface area contributed by atoms with Gasteiger partial charge in [-0.2, -0.15) is 0 Å². The lowest BCUT2D eigenvalue weighted by Crippen LogP contribution is -2.43. The molecule has 0 aromatic carbocycles. The van der Waals surface area contributed by atoms with Gasteiger partial charge in [0.1, 0.15) is 6.54 Å². The molecule has 0 aromatic rings. The van der Waals surface area contributed by atoms with Gasteiger partial charge in [0.05, 0.1) is 13.2 Å². The molecule has 0 spiro atoms. The number of ether oxygens (including phenoxy) is 1. The Bertz CT molecular complexity index is 259. The van der Waals surface area contributed by atoms with Crippen LogP contribution in [0.2, 0.25) is 0 Å². The third kappa shape index (κ3) is 6.35. The first-order chi connectivity index (χ1) is 7.11. The van der Waals surface area contributed by atoms with Gasteiger partial charge in [-0.15, -0.1) is 6.42 Å². The second kappa shape index (κ2) is 7.64. The van der Waals surface area contributed by atoms with Crippen LogP contribution in [0.1, 0.15) is 0 Å². The van der Waals surface area contributed by atoms with Gasteiger partial charge in [-0.3, -0.25) is 4.79 Å². The molecule has 2 N–H and O–H groups in total. The van der Waals surface area contributed by atoms with E-state index >= 15 is 0 Å². The molecule has 6 nitrogen and oxygen atoms in total. The van der Waals surface area contributed by atoms with Crippen LogP contribution in [0.25, 0.3) is 0 Å². The number of nitrogens with zero attached hydrogens (tertiary/aromatic N) is 1. The van der Waals surface area contributed by atoms with Crippen molar-refractivity contribution in [2.75, 3.05) is 33.4 Å². The molecule has 0 aromatic heterocycles. The number of terminal acetylenes is 1. The predicted molar refractivity (Wildman–Crippen MR) is 53.3 cm³/mol. The smallest absolute Gasteiger partial charge is 0.323 e. The molecule has 6 heteroatoms. The quantitative estimate of drug-likeness (QED) is 0.455. The normalized spacial score (nSPS) is 9.07. The molecule has 0 heterocycles. The Morgan fingerprint density at radius 2 is 2.27 bits per heavy atom. The van der Waals surface area contributed by atoms with Gasteiger partial charge in [-0.05, 0) is 0 Å². The number of nitrogens with one attached hydrogen (secondary N) is 1. The average molecular weight is 214 g/mol. The zero-order valence-electron chi connectivity index (χ0n) is 8.52. The Kier molecular flexibility index (Phi) is 6.76. The van der Waals surface area contributed by atoms with Crippen molar-refractivity contribution in [3.05, 3.63) is 0 Å². The highest BCUT2D eigenvalue weighted by Gasteiger charge is 2.14. The van der Waals surface area contributed by atoms with Gasteiger partial charge >= 0.3 is 12.0 Å². The van der Waals surface area contributed by atoms with Crippen molar-refractivity contribution in [1.29, 1.82) is 0 Å². The van der Waals surface area contributed by atoms with Crippen molar-refractivity contribution in [3.63, 3.8) is 0 Å². The summed E-state index contributed by atoms with van der Waals surface area (Å²) in [5, 5.41) is 11.0. The molecule has 84 valence electrons. The van der Waals surface area contributed by atoms with Crippen molar-refractivity contribution in [2.45, 2.75) is 0 Å². The lowest BCUT2D eigenvalue weighted by molar-refractivity contribution is -0.137. The van der Waals surface area contributed by atoms with Crippen LogP contribution in [0.15, 0.2) is 0 Å². The van der Waals surface area contributed by atoms with Crippen LogP contribution >= 0.6 is 0 Å². The summed E-state index contributed by atoms with van der Waals surface area (Å²) >= 11 is 0. The Hall–Kier alpha value is -1.74. The number of carboxylic acid groups (broad SMARTS) is 1. The number of methoxy groups -OCH3 is 1. The van der Waals surface area contributed by atoms with E-state index in [4.69, 9.17) is 16.3 Å². The molecular weight excluding hydrogens is 200 g/mol. The first-order valence-electron chi connectivity index (χ1n) is 4.28. The van der Waals surface area contributed by atoms with E-state index in [1.54, 1.807) is 0 Å². The summed E-state index contributed by atoms with van der Waals surface area (Å²) in [6.07, 6.45) is 5.01. The third-order valence-electron chi connectivity index (χ3n) is 1.48. The van der Waals surface area contributed by atoms with Gasteiger partial charge in [0.2, 0.25) is 0 Å². The van der Waals surface area contributed by atoms with E-state index in [0.29, 0.717) is 13.2 Å². The van der Waals surface area contributed by atoms with Crippen LogP contribution in [0.3, 0.4) is 0 Å². The summed E-state index contributed by atoms with van der Waals surface area (Å²) in [5.74, 6) is 1.11. The summed E-state index contributed by atoms with van der Waals surface area (Å²) in [4.78, 5) is 22.8. The first kappa shape index (κ1) is 13.3. The minimum absolute atomic E-state index is 0.0366. The molecule has 0 bridgehead atoms. The fourth-order valence-electron chi connectivity index (χ4n) is 0.845. The predicted octanol–water partition coefficient (Wildman–Crippen LogP) is -0.638. The number of amides is 2. The third-order valence-corrected chi connectivity index (χ3v) is 1.48. The van der Waals surface area contributed by atoms with E-state index in [-0.39, 0.29) is 6.54 Å². The van der Waals surface area contributed by atoms with Crippen molar-refractivity contribution in [1.82, 2.24) is 10.2 Å². The number of aliphatic carboxylic acids is 1. The van der Waals surface area contributed by atoms with E-state index in [9.17, 15) is 9.59 Å². The van der Waals surface area contributed by atoms with Crippen molar-refractivity contribution in [3.8, 4) is 12.3 Å². The number of hydrogen-bond acceptors (Lipinski definition) is 3. The summed E-state index contributed by atoms with van der Waals surface area (Å²) < 4.78 is 4.72. The summed E-state index contributed by atoms with van der Waals surface area (Å²) in [5.41, 5.74) is 0. The minimum atomic E-state index is -1.10. The van der Waals surface area contributed by atoms with Crippen LogP contribution < -0.4 is 5.32 Å². The standard InChI is InChI=1S/C9H14N2O4/c1-3-5-11(7-8(12)13)9(14)10-4-6-15-2/h1H,4-7H2,2H3,(H,10,14)(H,12,13). The van der Waals surface area contributed by atoms with Crippen LogP contribution in [-0.2, 0) is 9.53 Å². The second-order valence-electron chi connectivity index (χ2n) is 2.68. The van der Waals surface area contributed by atoms with Gasteiger partial charge in [-0.1, -0.05) is 5.92 Å². The van der Waals surface area contributed by atoms with E-state index in [1.165, 1.54) is 7.11 Å². The highest BCUT2D eigenvalue weighted by molar-refractivity contribution is 5.80. The molecule has 0 unspecified atom stereocenters. The van der Waals surface area contributed by atoms with Crippen LogP contribution in [-0.4, -0.2) is 55.4 Å². The van der Waals surface area contributed by atoms with Crippen molar-refractivity contribution >= 4 is 12.0 Å². The zero-order chi connectivity index (χ0) is 11.7. The van der Waals surface area contributed by atoms with Crippen LogP contribution in [0, 0.1) is 12.3 Å². The van der Waals surface area contributed by atoms with E-state index in [1.807, 2.05) is 0 Å². The molecule has 0 saturated carbocycles. The molecule has 0 aliphatic heterocycles. The number of rotatable bonds is 6. The molecule has 0 aliphatic carbocycles. The molecular formula is C9H14N2O4. The second-order valence-corrected chi connectivity index (χ2v) is 2.68. The number of carboxylic acids is 1. The number of hydrogen-bond donors (Lipinski definition) is 2. The highest BCUT2D eigenvalue weighted by Crippen LogP contribution is 1.88. The maximum Gasteiger partial charge on any atom is 0.323 e. The number of carbonyl (C=O) groups is 2. The summed E-state index contributed by atoms with van der Waals surface area (Å²) in [6, 6.07) is -0.507. The lowest BCUT2D eigenvalue weighted by atomic mass is 10.5. The number of carbonyl (C=O) groups excluding carboxylic acids is 1. The molecule has 0 saturated heterocycles. The van der Waals surface area contributed by atoms with Crippen LogP contribution in [0.5, 0.6) is 0 Å². The van der Waals surface area contributed by atoms with Crippen molar-refractivity contribution < 1.29 is 19.4 Å². The van der Waals surface area contributed by atoms with E-state index in [0.717, 1.165) is 4.90 Å². The molecule has 0 radical (unpaired) electrons. The topological polar surface area (TPSA) is 78.9 Å². The van der Waals surface area contributed by atoms with E-state index < -0.39 is 18.5 Å². The van der Waals surface area contributed by atoms with Crippen LogP contribution in [0.4, 0.5) is 4.79 Å². The Labute approximate surface area is 88.2 Å². The Morgan fingerprint density at radius 3 is 2.73 bits per heavy atom. The fraction of sp³-hybridized carbons (Fsp3) is 0.556. The number of urea groups is 1. The Balaban J connectivity index is 4.05. The molecule has 0 aliphatic rings. The fourth-order valence-corrected chi connectivity index (χ4v) is 0.845. The first-order valence-corrected chi connectivity index (χ1v) is 4.28. The summed E-state index contributed by atoms with van der Waals surface area (Å²) in [7, 11) is 1.50. The minimum Gasteiger partial charge on any atom is -0.480 e. The van der Waals surface area contributed by atoms with Crippen molar-refractivity contribution in [2.24, 2.45) is 0 Å². The monoisotopic (exact) mass is 214 g/mol. The molecule has 15 heavy (non-hydrogen) atoms. The average Bonchev–Trinajstić information content (AvgIpc) is 2.17. The molecule has 2 amide bonds.